The second-order valence-electron chi connectivity index (χ2n) is 4.65. The Labute approximate surface area is 128 Å². The molecular formula is C16H16ClI. The van der Waals surface area contributed by atoms with Gasteiger partial charge in [0.05, 0.1) is 5.38 Å². The molecule has 0 radical (unpaired) electrons. The van der Waals surface area contributed by atoms with Crippen molar-refractivity contribution in [2.24, 2.45) is 0 Å². The minimum atomic E-state index is 0.0440. The van der Waals surface area contributed by atoms with Crippen LogP contribution in [0.5, 0.6) is 0 Å². The predicted molar refractivity (Wildman–Crippen MR) is 87.4 cm³/mol. The van der Waals surface area contributed by atoms with Crippen molar-refractivity contribution >= 4 is 34.2 Å². The molecule has 0 nitrogen and oxygen atoms in total. The van der Waals surface area contributed by atoms with E-state index in [1.54, 1.807) is 0 Å². The Balaban J connectivity index is 2.18. The molecule has 0 amide bonds. The minimum absolute atomic E-state index is 0.0440. The monoisotopic (exact) mass is 370 g/mol. The van der Waals surface area contributed by atoms with E-state index in [2.05, 4.69) is 78.9 Å². The molecule has 2 rings (SSSR count). The van der Waals surface area contributed by atoms with Crippen LogP contribution in [0.2, 0.25) is 0 Å². The van der Waals surface area contributed by atoms with Crippen LogP contribution in [0.25, 0.3) is 0 Å². The van der Waals surface area contributed by atoms with Crippen LogP contribution >= 0.6 is 34.2 Å². The van der Waals surface area contributed by atoms with Gasteiger partial charge in [0.25, 0.3) is 0 Å². The summed E-state index contributed by atoms with van der Waals surface area (Å²) in [6.45, 7) is 4.27. The van der Waals surface area contributed by atoms with Crippen LogP contribution in [-0.2, 0) is 6.42 Å². The molecule has 0 saturated heterocycles. The van der Waals surface area contributed by atoms with E-state index in [0.29, 0.717) is 0 Å². The smallest absolute Gasteiger partial charge is 0.0625 e. The standard InChI is InChI=1S/C16H16ClI/c1-11-3-4-12(2)14(9-11)10-16(17)13-5-7-15(18)8-6-13/h3-9,16H,10H2,1-2H3. The SMILES string of the molecule is Cc1ccc(C)c(CC(Cl)c2ccc(I)cc2)c1. The van der Waals surface area contributed by atoms with E-state index in [1.165, 1.54) is 25.8 Å². The molecule has 2 aromatic carbocycles. The fraction of sp³-hybridized carbons (Fsp3) is 0.250. The normalized spacial score (nSPS) is 12.4. The average molecular weight is 371 g/mol. The first-order chi connectivity index (χ1) is 8.56. The van der Waals surface area contributed by atoms with Crippen LogP contribution in [-0.4, -0.2) is 0 Å². The van der Waals surface area contributed by atoms with E-state index in [9.17, 15) is 0 Å². The third-order valence-electron chi connectivity index (χ3n) is 3.14. The van der Waals surface area contributed by atoms with Crippen LogP contribution in [0, 0.1) is 17.4 Å². The molecule has 0 fully saturated rings. The summed E-state index contributed by atoms with van der Waals surface area (Å²) in [7, 11) is 0. The topological polar surface area (TPSA) is 0 Å². The summed E-state index contributed by atoms with van der Waals surface area (Å²) in [4.78, 5) is 0. The van der Waals surface area contributed by atoms with E-state index in [0.717, 1.165) is 6.42 Å². The summed E-state index contributed by atoms with van der Waals surface area (Å²) in [6, 6.07) is 15.0. The molecule has 0 N–H and O–H groups in total. The first-order valence-electron chi connectivity index (χ1n) is 6.02. The highest BCUT2D eigenvalue weighted by Gasteiger charge is 2.10. The summed E-state index contributed by atoms with van der Waals surface area (Å²) < 4.78 is 1.24. The lowest BCUT2D eigenvalue weighted by atomic mass is 9.98. The number of aryl methyl sites for hydroxylation is 2. The molecule has 0 aliphatic carbocycles. The maximum Gasteiger partial charge on any atom is 0.0625 e. The maximum atomic E-state index is 6.51. The molecule has 2 aromatic rings. The first-order valence-corrected chi connectivity index (χ1v) is 7.53. The summed E-state index contributed by atoms with van der Waals surface area (Å²) in [5, 5.41) is 0.0440. The Bertz CT molecular complexity index is 531. The van der Waals surface area contributed by atoms with Crippen molar-refractivity contribution < 1.29 is 0 Å². The molecule has 1 atom stereocenters. The number of hydrogen-bond acceptors (Lipinski definition) is 0. The van der Waals surface area contributed by atoms with E-state index in [4.69, 9.17) is 11.6 Å². The van der Waals surface area contributed by atoms with Gasteiger partial charge in [-0.15, -0.1) is 11.6 Å². The Kier molecular flexibility index (Phi) is 4.68. The molecule has 0 bridgehead atoms. The van der Waals surface area contributed by atoms with E-state index < -0.39 is 0 Å². The first kappa shape index (κ1) is 13.9. The molecule has 1 unspecified atom stereocenters. The van der Waals surface area contributed by atoms with E-state index >= 15 is 0 Å². The van der Waals surface area contributed by atoms with Crippen LogP contribution in [0.15, 0.2) is 42.5 Å². The highest BCUT2D eigenvalue weighted by atomic mass is 127. The van der Waals surface area contributed by atoms with Crippen molar-refractivity contribution in [2.75, 3.05) is 0 Å². The Morgan fingerprint density at radius 1 is 1.06 bits per heavy atom. The van der Waals surface area contributed by atoms with Crippen molar-refractivity contribution in [1.29, 1.82) is 0 Å². The van der Waals surface area contributed by atoms with Gasteiger partial charge in [0.2, 0.25) is 0 Å². The van der Waals surface area contributed by atoms with Crippen molar-refractivity contribution in [3.8, 4) is 0 Å². The molecule has 0 spiro atoms. The van der Waals surface area contributed by atoms with E-state index in [1.807, 2.05) is 0 Å². The lowest BCUT2D eigenvalue weighted by molar-refractivity contribution is 0.908. The van der Waals surface area contributed by atoms with Crippen molar-refractivity contribution in [3.63, 3.8) is 0 Å². The van der Waals surface area contributed by atoms with Gasteiger partial charge in [-0.3, -0.25) is 0 Å². The zero-order valence-electron chi connectivity index (χ0n) is 10.6. The highest BCUT2D eigenvalue weighted by Crippen LogP contribution is 2.27. The van der Waals surface area contributed by atoms with Gasteiger partial charge >= 0.3 is 0 Å². The Morgan fingerprint density at radius 2 is 1.72 bits per heavy atom. The number of hydrogen-bond donors (Lipinski definition) is 0. The number of rotatable bonds is 3. The number of benzene rings is 2. The molecule has 0 saturated carbocycles. The summed E-state index contributed by atoms with van der Waals surface area (Å²) in [5.74, 6) is 0. The van der Waals surface area contributed by atoms with Gasteiger partial charge in [0.15, 0.2) is 0 Å². The average Bonchev–Trinajstić information content (AvgIpc) is 2.34. The molecule has 0 heterocycles. The predicted octanol–water partition coefficient (Wildman–Crippen LogP) is 5.43. The summed E-state index contributed by atoms with van der Waals surface area (Å²) >= 11 is 8.83. The Hall–Kier alpha value is -0.540. The summed E-state index contributed by atoms with van der Waals surface area (Å²) in [5.41, 5.74) is 5.14. The van der Waals surface area contributed by atoms with Gasteiger partial charge < -0.3 is 0 Å². The van der Waals surface area contributed by atoms with E-state index in [-0.39, 0.29) is 5.38 Å². The lowest BCUT2D eigenvalue weighted by Gasteiger charge is -2.13. The number of halogens is 2. The van der Waals surface area contributed by atoms with Gasteiger partial charge in [0.1, 0.15) is 0 Å². The second-order valence-corrected chi connectivity index (χ2v) is 6.43. The zero-order chi connectivity index (χ0) is 13.1. The zero-order valence-corrected chi connectivity index (χ0v) is 13.5. The van der Waals surface area contributed by atoms with Crippen molar-refractivity contribution in [3.05, 3.63) is 68.3 Å². The summed E-state index contributed by atoms with van der Waals surface area (Å²) in [6.07, 6.45) is 0.885. The maximum absolute atomic E-state index is 6.51. The van der Waals surface area contributed by atoms with Gasteiger partial charge in [-0.05, 0) is 71.7 Å². The fourth-order valence-electron chi connectivity index (χ4n) is 2.00. The molecule has 94 valence electrons. The van der Waals surface area contributed by atoms with Crippen LogP contribution < -0.4 is 0 Å². The Morgan fingerprint density at radius 3 is 2.39 bits per heavy atom. The minimum Gasteiger partial charge on any atom is -0.117 e. The van der Waals surface area contributed by atoms with Gasteiger partial charge in [-0.25, -0.2) is 0 Å². The molecule has 18 heavy (non-hydrogen) atoms. The number of alkyl halides is 1. The van der Waals surface area contributed by atoms with Crippen molar-refractivity contribution in [2.45, 2.75) is 25.6 Å². The quantitative estimate of drug-likeness (QED) is 0.499. The lowest BCUT2D eigenvalue weighted by Crippen LogP contribution is -1.98. The molecule has 0 aromatic heterocycles. The van der Waals surface area contributed by atoms with Crippen LogP contribution in [0.3, 0.4) is 0 Å². The molecular weight excluding hydrogens is 355 g/mol. The molecule has 0 aliphatic heterocycles. The molecule has 2 heteroatoms. The van der Waals surface area contributed by atoms with Crippen molar-refractivity contribution in [1.82, 2.24) is 0 Å². The third kappa shape index (κ3) is 3.48. The largest absolute Gasteiger partial charge is 0.117 e. The van der Waals surface area contributed by atoms with Gasteiger partial charge in [-0.1, -0.05) is 35.9 Å². The molecule has 0 aliphatic rings. The van der Waals surface area contributed by atoms with Gasteiger partial charge in [0, 0.05) is 3.57 Å². The van der Waals surface area contributed by atoms with Crippen LogP contribution in [0.4, 0.5) is 0 Å². The van der Waals surface area contributed by atoms with Crippen LogP contribution in [0.1, 0.15) is 27.6 Å². The van der Waals surface area contributed by atoms with Gasteiger partial charge in [-0.2, -0.15) is 0 Å². The highest BCUT2D eigenvalue weighted by molar-refractivity contribution is 14.1. The second kappa shape index (κ2) is 6.07. The third-order valence-corrected chi connectivity index (χ3v) is 4.26. The fourth-order valence-corrected chi connectivity index (χ4v) is 2.67.